The van der Waals surface area contributed by atoms with Crippen LogP contribution >= 0.6 is 0 Å². The minimum atomic E-state index is -0.114. The molecule has 90 valence electrons. The highest BCUT2D eigenvalue weighted by molar-refractivity contribution is 5.22. The van der Waals surface area contributed by atoms with Gasteiger partial charge in [0.2, 0.25) is 0 Å². The summed E-state index contributed by atoms with van der Waals surface area (Å²) in [7, 11) is 0. The molecule has 0 bridgehead atoms. The van der Waals surface area contributed by atoms with Crippen LogP contribution < -0.4 is 0 Å². The van der Waals surface area contributed by atoms with Crippen molar-refractivity contribution in [2.75, 3.05) is 6.54 Å². The Balaban J connectivity index is 1.89. The molecule has 2 heterocycles. The van der Waals surface area contributed by atoms with Gasteiger partial charge in [-0.25, -0.2) is 4.39 Å². The number of hydrogen-bond acceptors (Lipinski definition) is 1. The van der Waals surface area contributed by atoms with E-state index in [-0.39, 0.29) is 5.82 Å². The molecular formula is C15H18FN. The van der Waals surface area contributed by atoms with Crippen LogP contribution in [0.4, 0.5) is 4.39 Å². The summed E-state index contributed by atoms with van der Waals surface area (Å²) in [6.07, 6.45) is 9.40. The van der Waals surface area contributed by atoms with E-state index in [1.165, 1.54) is 18.9 Å². The van der Waals surface area contributed by atoms with Gasteiger partial charge in [0, 0.05) is 18.6 Å². The first-order valence-electron chi connectivity index (χ1n) is 6.52. The standard InChI is InChI=1S/C15H18FN/c16-13-6-3-5-12(11-13)15-9-4-8-14-7-1-2-10-17(14)15/h1,3,5-7,11,14-15H,2,4,8-10H2/t14-,15-/m1/s1. The molecule has 0 saturated carbocycles. The van der Waals surface area contributed by atoms with Crippen LogP contribution in [0.25, 0.3) is 0 Å². The number of fused-ring (bicyclic) bond motifs is 1. The average molecular weight is 231 g/mol. The van der Waals surface area contributed by atoms with Gasteiger partial charge in [-0.05, 0) is 43.4 Å². The van der Waals surface area contributed by atoms with E-state index in [1.54, 1.807) is 6.07 Å². The zero-order valence-electron chi connectivity index (χ0n) is 9.98. The van der Waals surface area contributed by atoms with Crippen LogP contribution in [0, 0.1) is 5.82 Å². The predicted molar refractivity (Wildman–Crippen MR) is 67.2 cm³/mol. The second-order valence-electron chi connectivity index (χ2n) is 5.02. The monoisotopic (exact) mass is 231 g/mol. The lowest BCUT2D eigenvalue weighted by Crippen LogP contribution is -2.42. The van der Waals surface area contributed by atoms with Crippen LogP contribution in [0.5, 0.6) is 0 Å². The van der Waals surface area contributed by atoms with Gasteiger partial charge in [-0.1, -0.05) is 24.3 Å². The maximum absolute atomic E-state index is 13.3. The molecule has 0 aromatic heterocycles. The molecule has 0 spiro atoms. The van der Waals surface area contributed by atoms with Crippen molar-refractivity contribution in [3.63, 3.8) is 0 Å². The largest absolute Gasteiger partial charge is 0.290 e. The number of hydrogen-bond donors (Lipinski definition) is 0. The number of piperidine rings is 1. The molecule has 0 amide bonds. The van der Waals surface area contributed by atoms with E-state index in [4.69, 9.17) is 0 Å². The van der Waals surface area contributed by atoms with Gasteiger partial charge in [-0.2, -0.15) is 0 Å². The number of benzene rings is 1. The van der Waals surface area contributed by atoms with Gasteiger partial charge in [-0.3, -0.25) is 4.90 Å². The summed E-state index contributed by atoms with van der Waals surface area (Å²) < 4.78 is 13.3. The van der Waals surface area contributed by atoms with Gasteiger partial charge in [0.1, 0.15) is 5.82 Å². The van der Waals surface area contributed by atoms with Gasteiger partial charge >= 0.3 is 0 Å². The number of halogens is 1. The highest BCUT2D eigenvalue weighted by Gasteiger charge is 2.30. The molecule has 3 rings (SSSR count). The second kappa shape index (κ2) is 4.61. The lowest BCUT2D eigenvalue weighted by molar-refractivity contribution is 0.104. The van der Waals surface area contributed by atoms with E-state index in [2.05, 4.69) is 23.1 Å². The number of nitrogens with zero attached hydrogens (tertiary/aromatic N) is 1. The van der Waals surface area contributed by atoms with Gasteiger partial charge in [-0.15, -0.1) is 0 Å². The van der Waals surface area contributed by atoms with Crippen molar-refractivity contribution in [1.29, 1.82) is 0 Å². The third-order valence-electron chi connectivity index (χ3n) is 3.95. The van der Waals surface area contributed by atoms with E-state index < -0.39 is 0 Å². The Hall–Kier alpha value is -1.15. The third-order valence-corrected chi connectivity index (χ3v) is 3.95. The summed E-state index contributed by atoms with van der Waals surface area (Å²) in [6.45, 7) is 1.11. The predicted octanol–water partition coefficient (Wildman–Crippen LogP) is 3.68. The molecule has 0 aliphatic carbocycles. The molecule has 2 aliphatic heterocycles. The molecular weight excluding hydrogens is 213 g/mol. The fourth-order valence-corrected chi connectivity index (χ4v) is 3.16. The molecule has 0 radical (unpaired) electrons. The highest BCUT2D eigenvalue weighted by atomic mass is 19.1. The summed E-state index contributed by atoms with van der Waals surface area (Å²) >= 11 is 0. The van der Waals surface area contributed by atoms with Crippen molar-refractivity contribution in [2.45, 2.75) is 37.8 Å². The fourth-order valence-electron chi connectivity index (χ4n) is 3.16. The Labute approximate surface area is 102 Å². The Morgan fingerprint density at radius 1 is 1.24 bits per heavy atom. The maximum Gasteiger partial charge on any atom is 0.123 e. The molecule has 0 unspecified atom stereocenters. The summed E-state index contributed by atoms with van der Waals surface area (Å²) in [5, 5.41) is 0. The molecule has 1 aromatic carbocycles. The lowest BCUT2D eigenvalue weighted by atomic mass is 9.89. The summed E-state index contributed by atoms with van der Waals surface area (Å²) in [5.41, 5.74) is 1.14. The van der Waals surface area contributed by atoms with Crippen LogP contribution in [0.3, 0.4) is 0 Å². The van der Waals surface area contributed by atoms with Crippen molar-refractivity contribution in [3.8, 4) is 0 Å². The summed E-state index contributed by atoms with van der Waals surface area (Å²) in [5.74, 6) is -0.114. The molecule has 0 N–H and O–H groups in total. The third kappa shape index (κ3) is 2.14. The molecule has 17 heavy (non-hydrogen) atoms. The summed E-state index contributed by atoms with van der Waals surface area (Å²) in [4.78, 5) is 2.54. The molecule has 1 fully saturated rings. The lowest BCUT2D eigenvalue weighted by Gasteiger charge is -2.43. The molecule has 2 heteroatoms. The van der Waals surface area contributed by atoms with E-state index in [0.717, 1.165) is 24.9 Å². The molecule has 2 atom stereocenters. The Morgan fingerprint density at radius 3 is 3.06 bits per heavy atom. The smallest absolute Gasteiger partial charge is 0.123 e. The zero-order valence-corrected chi connectivity index (χ0v) is 9.98. The van der Waals surface area contributed by atoms with Crippen molar-refractivity contribution >= 4 is 0 Å². The zero-order chi connectivity index (χ0) is 11.7. The van der Waals surface area contributed by atoms with Crippen LogP contribution in [0.15, 0.2) is 36.4 Å². The second-order valence-corrected chi connectivity index (χ2v) is 5.02. The first-order valence-corrected chi connectivity index (χ1v) is 6.52. The topological polar surface area (TPSA) is 3.24 Å². The molecule has 2 aliphatic rings. The Bertz CT molecular complexity index is 427. The van der Waals surface area contributed by atoms with Crippen molar-refractivity contribution in [1.82, 2.24) is 4.90 Å². The minimum Gasteiger partial charge on any atom is -0.290 e. The Kier molecular flexibility index (Phi) is 2.98. The molecule has 1 saturated heterocycles. The van der Waals surface area contributed by atoms with E-state index in [0.29, 0.717) is 12.1 Å². The first kappa shape index (κ1) is 11.0. The van der Waals surface area contributed by atoms with Crippen LogP contribution in [-0.4, -0.2) is 17.5 Å². The van der Waals surface area contributed by atoms with Crippen molar-refractivity contribution < 1.29 is 4.39 Å². The van der Waals surface area contributed by atoms with Crippen molar-refractivity contribution in [3.05, 3.63) is 47.8 Å². The molecule has 1 nitrogen and oxygen atoms in total. The fraction of sp³-hybridized carbons (Fsp3) is 0.467. The van der Waals surface area contributed by atoms with Gasteiger partial charge in [0.05, 0.1) is 0 Å². The maximum atomic E-state index is 13.3. The van der Waals surface area contributed by atoms with Crippen LogP contribution in [0.2, 0.25) is 0 Å². The molecule has 1 aromatic rings. The van der Waals surface area contributed by atoms with Crippen LogP contribution in [-0.2, 0) is 0 Å². The number of rotatable bonds is 1. The van der Waals surface area contributed by atoms with Crippen molar-refractivity contribution in [2.24, 2.45) is 0 Å². The first-order chi connectivity index (χ1) is 8.34. The SMILES string of the molecule is Fc1cccc([C@H]2CCC[C@H]3C=CCCN32)c1. The van der Waals surface area contributed by atoms with E-state index >= 15 is 0 Å². The van der Waals surface area contributed by atoms with E-state index in [1.807, 2.05) is 6.07 Å². The van der Waals surface area contributed by atoms with Gasteiger partial charge < -0.3 is 0 Å². The summed E-state index contributed by atoms with van der Waals surface area (Å²) in [6, 6.07) is 8.11. The van der Waals surface area contributed by atoms with E-state index in [9.17, 15) is 4.39 Å². The quantitative estimate of drug-likeness (QED) is 0.666. The van der Waals surface area contributed by atoms with Gasteiger partial charge in [0.15, 0.2) is 0 Å². The van der Waals surface area contributed by atoms with Crippen LogP contribution in [0.1, 0.15) is 37.3 Å². The van der Waals surface area contributed by atoms with Gasteiger partial charge in [0.25, 0.3) is 0 Å². The normalized spacial score (nSPS) is 29.0. The average Bonchev–Trinajstić information content (AvgIpc) is 2.38. The minimum absolute atomic E-state index is 0.114. The Morgan fingerprint density at radius 2 is 2.18 bits per heavy atom. The highest BCUT2D eigenvalue weighted by Crippen LogP contribution is 2.36.